The minimum Gasteiger partial charge on any atom is -0.457 e. The van der Waals surface area contributed by atoms with Gasteiger partial charge in [0.1, 0.15) is 0 Å². The van der Waals surface area contributed by atoms with Crippen LogP contribution in [0.2, 0.25) is 0 Å². The van der Waals surface area contributed by atoms with Crippen LogP contribution in [0, 0.1) is 75.1 Å². The Morgan fingerprint density at radius 2 is 0.938 bits per heavy atom. The zero-order valence-corrected chi connectivity index (χ0v) is 10.5. The maximum atomic E-state index is 11.7. The van der Waals surface area contributed by atoms with Crippen LogP contribution in [0.5, 0.6) is 0 Å². The van der Waals surface area contributed by atoms with Crippen molar-refractivity contribution in [2.45, 2.75) is 18.8 Å². The Hall–Kier alpha value is 1.08. The molecule has 0 bridgehead atoms. The van der Waals surface area contributed by atoms with Gasteiger partial charge in [0, 0.05) is 0 Å². The summed E-state index contributed by atoms with van der Waals surface area (Å²) in [6.45, 7) is 5.20. The molecule has 0 rings (SSSR count). The second kappa shape index (κ2) is 9.07. The molecule has 0 aliphatic carbocycles. The van der Waals surface area contributed by atoms with Gasteiger partial charge in [0.15, 0.2) is 0 Å². The molecular weight excluding hydrogens is 382 g/mol. The molecule has 0 aliphatic heterocycles. The number of hydrogen-bond donors (Lipinski definition) is 0. The summed E-state index contributed by atoms with van der Waals surface area (Å²) < 4.78 is 70.4. The molecule has 0 aromatic carbocycles. The molecule has 0 aromatic rings. The predicted molar refractivity (Wildman–Crippen MR) is 44.2 cm³/mol. The van der Waals surface area contributed by atoms with Crippen LogP contribution >= 0.6 is 0 Å². The molecule has 0 saturated heterocycles. The standard InChI is InChI=1S/C7H8F6.Eu.2H2O/c1-4(6(8,9)10)3-5(2)7(11,12)13;;;/h4-5H,1-3H2;;2*1H2/q-2;+2;;/p+2. The fourth-order valence-corrected chi connectivity index (χ4v) is 0.611. The van der Waals surface area contributed by atoms with E-state index in [2.05, 4.69) is 13.8 Å². The largest absolute Gasteiger partial charge is 2.00 e. The zero-order valence-electron chi connectivity index (χ0n) is 8.08. The Balaban J connectivity index is -0.000000240. The van der Waals surface area contributed by atoms with E-state index in [4.69, 9.17) is 0 Å². The van der Waals surface area contributed by atoms with Gasteiger partial charge in [-0.25, -0.2) is 0 Å². The zero-order chi connectivity index (χ0) is 10.9. The molecule has 9 heteroatoms. The van der Waals surface area contributed by atoms with Crippen molar-refractivity contribution in [3.8, 4) is 0 Å². The fourth-order valence-electron chi connectivity index (χ4n) is 0.611. The van der Waals surface area contributed by atoms with E-state index in [0.717, 1.165) is 0 Å². The van der Waals surface area contributed by atoms with E-state index in [0.29, 0.717) is 0 Å². The predicted octanol–water partition coefficient (Wildman–Crippen LogP) is 1.56. The minimum atomic E-state index is -4.69. The van der Waals surface area contributed by atoms with Gasteiger partial charge in [0.25, 0.3) is 0 Å². The molecule has 0 aliphatic rings. The molecule has 6 N–H and O–H groups in total. The van der Waals surface area contributed by atoms with Crippen molar-refractivity contribution < 1.29 is 86.7 Å². The Labute approximate surface area is 130 Å². The molecule has 0 fully saturated rings. The van der Waals surface area contributed by atoms with Gasteiger partial charge in [-0.15, -0.1) is 0 Å². The van der Waals surface area contributed by atoms with Gasteiger partial charge in [-0.1, -0.05) is 18.3 Å². The van der Waals surface area contributed by atoms with Crippen LogP contribution in [0.15, 0.2) is 0 Å². The van der Waals surface area contributed by atoms with Crippen LogP contribution < -0.4 is 0 Å². The monoisotopic (exact) mass is 397 g/mol. The SMILES string of the molecule is [CH2-]C(CC([CH2-])C(F)(F)F)C(F)(F)F.[Eu+2].[OH3+].[OH3+]. The van der Waals surface area contributed by atoms with Crippen molar-refractivity contribution in [3.05, 3.63) is 13.8 Å². The van der Waals surface area contributed by atoms with E-state index >= 15 is 0 Å². The van der Waals surface area contributed by atoms with Crippen LogP contribution in [-0.4, -0.2) is 12.4 Å². The van der Waals surface area contributed by atoms with E-state index < -0.39 is 30.6 Å². The van der Waals surface area contributed by atoms with Crippen molar-refractivity contribution in [1.82, 2.24) is 0 Å². The summed E-state index contributed by atoms with van der Waals surface area (Å²) in [5.74, 6) is -4.45. The van der Waals surface area contributed by atoms with Crippen molar-refractivity contribution in [2.24, 2.45) is 11.8 Å². The van der Waals surface area contributed by atoms with Gasteiger partial charge in [-0.2, -0.15) is 26.3 Å². The average molecular weight is 396 g/mol. The first-order valence-electron chi connectivity index (χ1n) is 3.34. The smallest absolute Gasteiger partial charge is 0.457 e. The number of alkyl halides is 6. The second-order valence-electron chi connectivity index (χ2n) is 2.71. The van der Waals surface area contributed by atoms with Crippen LogP contribution in [0.3, 0.4) is 0 Å². The first kappa shape index (κ1) is 25.8. The third-order valence-electron chi connectivity index (χ3n) is 1.49. The summed E-state index contributed by atoms with van der Waals surface area (Å²) in [5, 5.41) is 0. The first-order chi connectivity index (χ1) is 5.55. The molecular formula is C7H14EuF6O2+2. The Morgan fingerprint density at radius 3 is 1.06 bits per heavy atom. The molecule has 2 nitrogen and oxygen atoms in total. The quantitative estimate of drug-likeness (QED) is 0.387. The Morgan fingerprint density at radius 1 is 0.750 bits per heavy atom. The molecule has 2 atom stereocenters. The third kappa shape index (κ3) is 10.3. The van der Waals surface area contributed by atoms with Gasteiger partial charge in [-0.05, 0) is 0 Å². The second-order valence-corrected chi connectivity index (χ2v) is 2.71. The Bertz CT molecular complexity index is 151. The topological polar surface area (TPSA) is 66.0 Å². The molecule has 0 heterocycles. The van der Waals surface area contributed by atoms with Crippen molar-refractivity contribution in [1.29, 1.82) is 0 Å². The fraction of sp³-hybridized carbons (Fsp3) is 0.714. The van der Waals surface area contributed by atoms with Crippen LogP contribution in [0.1, 0.15) is 6.42 Å². The van der Waals surface area contributed by atoms with Gasteiger partial charge >= 0.3 is 61.7 Å². The summed E-state index contributed by atoms with van der Waals surface area (Å²) >= 11 is 0. The molecule has 1 radical (unpaired) electrons. The molecule has 2 unspecified atom stereocenters. The first-order valence-corrected chi connectivity index (χ1v) is 3.34. The summed E-state index contributed by atoms with van der Waals surface area (Å²) in [7, 11) is 0. The van der Waals surface area contributed by atoms with E-state index in [1.54, 1.807) is 0 Å². The van der Waals surface area contributed by atoms with E-state index in [1.807, 2.05) is 0 Å². The minimum absolute atomic E-state index is 0. The third-order valence-corrected chi connectivity index (χ3v) is 1.49. The van der Waals surface area contributed by atoms with E-state index in [9.17, 15) is 26.3 Å². The number of halogens is 6. The molecule has 16 heavy (non-hydrogen) atoms. The average Bonchev–Trinajstić information content (AvgIpc) is 1.82. The van der Waals surface area contributed by atoms with E-state index in [1.165, 1.54) is 0 Å². The van der Waals surface area contributed by atoms with Crippen molar-refractivity contribution in [3.63, 3.8) is 0 Å². The Kier molecular flexibility index (Phi) is 14.6. The molecule has 101 valence electrons. The van der Waals surface area contributed by atoms with E-state index in [-0.39, 0.29) is 60.3 Å². The molecule has 0 aromatic heterocycles. The van der Waals surface area contributed by atoms with Crippen molar-refractivity contribution >= 4 is 0 Å². The molecule has 0 spiro atoms. The van der Waals surface area contributed by atoms with Gasteiger partial charge < -0.3 is 24.8 Å². The summed E-state index contributed by atoms with van der Waals surface area (Å²) in [5.41, 5.74) is 0. The number of rotatable bonds is 2. The molecule has 0 saturated carbocycles. The van der Waals surface area contributed by atoms with Gasteiger partial charge in [0.2, 0.25) is 0 Å². The maximum absolute atomic E-state index is 11.7. The number of hydrogen-bond acceptors (Lipinski definition) is 0. The molecule has 0 amide bonds. The van der Waals surface area contributed by atoms with Crippen LogP contribution in [0.4, 0.5) is 26.3 Å². The maximum Gasteiger partial charge on any atom is 2.00 e. The van der Waals surface area contributed by atoms with Gasteiger partial charge in [0.05, 0.1) is 0 Å². The van der Waals surface area contributed by atoms with Crippen LogP contribution in [-0.2, 0) is 11.0 Å². The van der Waals surface area contributed by atoms with Crippen molar-refractivity contribution in [2.75, 3.05) is 0 Å². The van der Waals surface area contributed by atoms with Crippen LogP contribution in [0.25, 0.3) is 0 Å². The normalized spacial score (nSPS) is 15.0. The van der Waals surface area contributed by atoms with Gasteiger partial charge in [-0.3, -0.25) is 0 Å². The summed E-state index contributed by atoms with van der Waals surface area (Å²) in [6, 6.07) is 0. The summed E-state index contributed by atoms with van der Waals surface area (Å²) in [6.07, 6.45) is -10.5. The summed E-state index contributed by atoms with van der Waals surface area (Å²) in [4.78, 5) is 0.